The summed E-state index contributed by atoms with van der Waals surface area (Å²) in [6.45, 7) is -0.0282. The Kier molecular flexibility index (Phi) is 5.99. The lowest BCUT2D eigenvalue weighted by Crippen LogP contribution is -2.26. The summed E-state index contributed by atoms with van der Waals surface area (Å²) in [5.74, 6) is -3.23. The Bertz CT molecular complexity index is 879. The van der Waals surface area contributed by atoms with Gasteiger partial charge in [-0.15, -0.1) is 5.11 Å². The van der Waals surface area contributed by atoms with Crippen molar-refractivity contribution >= 4 is 29.2 Å². The summed E-state index contributed by atoms with van der Waals surface area (Å²) in [6.07, 6.45) is -0.207. The van der Waals surface area contributed by atoms with Crippen LogP contribution in [0.15, 0.2) is 52.7 Å². The molecule has 0 fully saturated rings. The van der Waals surface area contributed by atoms with E-state index in [-0.39, 0.29) is 35.5 Å². The summed E-state index contributed by atoms with van der Waals surface area (Å²) in [7, 11) is 0. The molecule has 0 saturated heterocycles. The predicted molar refractivity (Wildman–Crippen MR) is 90.3 cm³/mol. The maximum absolute atomic E-state index is 12.1. The summed E-state index contributed by atoms with van der Waals surface area (Å²) in [5.41, 5.74) is 0.284. The highest BCUT2D eigenvalue weighted by atomic mass is 16.4. The molecule has 2 aromatic rings. The molecule has 0 aliphatic rings. The molecule has 2 rings (SSSR count). The molecule has 0 unspecified atom stereocenters. The monoisotopic (exact) mass is 357 g/mol. The number of nitrogens with zero attached hydrogens (tertiary/aromatic N) is 2. The molecule has 0 atom stereocenters. The minimum atomic E-state index is -1.31. The second kappa shape index (κ2) is 8.38. The minimum absolute atomic E-state index is 0.0282. The molecule has 0 radical (unpaired) electrons. The summed E-state index contributed by atoms with van der Waals surface area (Å²) in [5, 5.41) is 37.4. The molecule has 4 N–H and O–H groups in total. The van der Waals surface area contributed by atoms with Crippen LogP contribution in [0.4, 0.5) is 11.4 Å². The first-order valence-electron chi connectivity index (χ1n) is 7.45. The van der Waals surface area contributed by atoms with E-state index in [0.717, 1.165) is 6.07 Å². The second-order valence-electron chi connectivity index (χ2n) is 5.12. The van der Waals surface area contributed by atoms with Crippen molar-refractivity contribution in [2.75, 3.05) is 6.54 Å². The quantitative estimate of drug-likeness (QED) is 0.560. The van der Waals surface area contributed by atoms with E-state index >= 15 is 0 Å². The van der Waals surface area contributed by atoms with Crippen LogP contribution in [-0.4, -0.2) is 39.7 Å². The molecular formula is C17H15N3O6. The van der Waals surface area contributed by atoms with Crippen LogP contribution in [0, 0.1) is 0 Å². The predicted octanol–water partition coefficient (Wildman–Crippen LogP) is 2.71. The van der Waals surface area contributed by atoms with Gasteiger partial charge in [0.1, 0.15) is 11.3 Å². The van der Waals surface area contributed by atoms with Crippen molar-refractivity contribution in [2.45, 2.75) is 6.42 Å². The van der Waals surface area contributed by atoms with Crippen molar-refractivity contribution in [3.8, 4) is 5.75 Å². The van der Waals surface area contributed by atoms with Gasteiger partial charge >= 0.3 is 11.9 Å². The first kappa shape index (κ1) is 18.6. The van der Waals surface area contributed by atoms with Crippen LogP contribution in [-0.2, 0) is 4.79 Å². The van der Waals surface area contributed by atoms with Crippen LogP contribution < -0.4 is 5.32 Å². The molecule has 134 valence electrons. The third-order valence-electron chi connectivity index (χ3n) is 3.26. The lowest BCUT2D eigenvalue weighted by Gasteiger charge is -2.06. The van der Waals surface area contributed by atoms with Crippen molar-refractivity contribution in [1.29, 1.82) is 0 Å². The Hall–Kier alpha value is -3.75. The zero-order valence-electron chi connectivity index (χ0n) is 13.4. The molecule has 0 aromatic heterocycles. The number of hydrogen-bond donors (Lipinski definition) is 4. The van der Waals surface area contributed by atoms with Crippen LogP contribution in [0.3, 0.4) is 0 Å². The number of carbonyl (C=O) groups is 3. The molecule has 0 aliphatic carbocycles. The number of aromatic carboxylic acids is 1. The number of carboxylic acids is 2. The van der Waals surface area contributed by atoms with Crippen molar-refractivity contribution in [3.05, 3.63) is 53.6 Å². The molecule has 1 amide bonds. The van der Waals surface area contributed by atoms with Gasteiger partial charge in [-0.25, -0.2) is 4.79 Å². The minimum Gasteiger partial charge on any atom is -0.507 e. The fourth-order valence-electron chi connectivity index (χ4n) is 2.00. The highest BCUT2D eigenvalue weighted by molar-refractivity contribution is 5.99. The molecule has 26 heavy (non-hydrogen) atoms. The summed E-state index contributed by atoms with van der Waals surface area (Å²) >= 11 is 0. The highest BCUT2D eigenvalue weighted by Gasteiger charge is 2.12. The summed E-state index contributed by atoms with van der Waals surface area (Å²) in [6, 6.07) is 10.0. The largest absolute Gasteiger partial charge is 0.507 e. The molecular weight excluding hydrogens is 342 g/mol. The van der Waals surface area contributed by atoms with E-state index in [0.29, 0.717) is 0 Å². The topological polar surface area (TPSA) is 149 Å². The Balaban J connectivity index is 2.21. The Morgan fingerprint density at radius 1 is 0.962 bits per heavy atom. The molecule has 0 saturated carbocycles. The number of aromatic hydroxyl groups is 1. The van der Waals surface area contributed by atoms with E-state index in [2.05, 4.69) is 15.5 Å². The van der Waals surface area contributed by atoms with Gasteiger partial charge in [0, 0.05) is 6.54 Å². The number of amides is 1. The molecule has 9 heteroatoms. The number of nitrogens with one attached hydrogen (secondary N) is 1. The lowest BCUT2D eigenvalue weighted by atomic mass is 10.1. The average molecular weight is 357 g/mol. The molecule has 0 spiro atoms. The van der Waals surface area contributed by atoms with E-state index in [1.54, 1.807) is 12.1 Å². The standard InChI is InChI=1S/C17H15N3O6/c21-14-6-5-10(9-12(14)17(25)26)19-20-13-4-2-1-3-11(13)16(24)18-8-7-15(22)23/h1-6,9,21H,7-8H2,(H,18,24)(H,22,23)(H,25,26). The van der Waals surface area contributed by atoms with Gasteiger partial charge in [-0.1, -0.05) is 12.1 Å². The van der Waals surface area contributed by atoms with Crippen LogP contribution in [0.5, 0.6) is 5.75 Å². The Morgan fingerprint density at radius 3 is 2.38 bits per heavy atom. The number of phenols is 1. The Labute approximate surface area is 147 Å². The van der Waals surface area contributed by atoms with Crippen LogP contribution in [0.1, 0.15) is 27.1 Å². The first-order valence-corrected chi connectivity index (χ1v) is 7.45. The average Bonchev–Trinajstić information content (AvgIpc) is 2.60. The number of benzene rings is 2. The van der Waals surface area contributed by atoms with Gasteiger partial charge < -0.3 is 20.6 Å². The zero-order valence-corrected chi connectivity index (χ0v) is 13.4. The lowest BCUT2D eigenvalue weighted by molar-refractivity contribution is -0.136. The maximum Gasteiger partial charge on any atom is 0.339 e. The van der Waals surface area contributed by atoms with Gasteiger partial charge in [0.05, 0.1) is 23.4 Å². The Morgan fingerprint density at radius 2 is 1.69 bits per heavy atom. The number of rotatable bonds is 7. The second-order valence-corrected chi connectivity index (χ2v) is 5.12. The third kappa shape index (κ3) is 4.87. The summed E-state index contributed by atoms with van der Waals surface area (Å²) < 4.78 is 0. The maximum atomic E-state index is 12.1. The zero-order chi connectivity index (χ0) is 19.1. The number of aliphatic carboxylic acids is 1. The van der Waals surface area contributed by atoms with E-state index in [1.165, 1.54) is 24.3 Å². The van der Waals surface area contributed by atoms with Gasteiger partial charge in [0.25, 0.3) is 5.91 Å². The van der Waals surface area contributed by atoms with Gasteiger partial charge in [0.15, 0.2) is 0 Å². The number of azo groups is 1. The van der Waals surface area contributed by atoms with Crippen molar-refractivity contribution < 1.29 is 29.7 Å². The molecule has 2 aromatic carbocycles. The molecule has 0 aliphatic heterocycles. The van der Waals surface area contributed by atoms with E-state index < -0.39 is 23.6 Å². The van der Waals surface area contributed by atoms with E-state index in [4.69, 9.17) is 10.2 Å². The highest BCUT2D eigenvalue weighted by Crippen LogP contribution is 2.26. The number of carbonyl (C=O) groups excluding carboxylic acids is 1. The first-order chi connectivity index (χ1) is 12.4. The van der Waals surface area contributed by atoms with Gasteiger partial charge in [-0.2, -0.15) is 5.11 Å². The van der Waals surface area contributed by atoms with Crippen LogP contribution >= 0.6 is 0 Å². The van der Waals surface area contributed by atoms with Crippen molar-refractivity contribution in [2.24, 2.45) is 10.2 Å². The smallest absolute Gasteiger partial charge is 0.339 e. The van der Waals surface area contributed by atoms with Gasteiger partial charge in [0.2, 0.25) is 0 Å². The van der Waals surface area contributed by atoms with Gasteiger partial charge in [-0.05, 0) is 30.3 Å². The summed E-state index contributed by atoms with van der Waals surface area (Å²) in [4.78, 5) is 33.6. The fraction of sp³-hybridized carbons (Fsp3) is 0.118. The van der Waals surface area contributed by atoms with E-state index in [1.807, 2.05) is 0 Å². The van der Waals surface area contributed by atoms with E-state index in [9.17, 15) is 19.5 Å². The fourth-order valence-corrected chi connectivity index (χ4v) is 2.00. The van der Waals surface area contributed by atoms with Crippen LogP contribution in [0.25, 0.3) is 0 Å². The molecule has 0 heterocycles. The van der Waals surface area contributed by atoms with Crippen molar-refractivity contribution in [3.63, 3.8) is 0 Å². The van der Waals surface area contributed by atoms with Crippen LogP contribution in [0.2, 0.25) is 0 Å². The third-order valence-corrected chi connectivity index (χ3v) is 3.26. The normalized spacial score (nSPS) is 10.6. The molecule has 9 nitrogen and oxygen atoms in total. The van der Waals surface area contributed by atoms with Gasteiger partial charge in [-0.3, -0.25) is 9.59 Å². The van der Waals surface area contributed by atoms with Crippen molar-refractivity contribution in [1.82, 2.24) is 5.32 Å². The SMILES string of the molecule is O=C(O)CCNC(=O)c1ccccc1N=Nc1ccc(O)c(C(=O)O)c1. The molecule has 0 bridgehead atoms. The number of carboxylic acid groups (broad SMARTS) is 2. The number of hydrogen-bond acceptors (Lipinski definition) is 6.